The van der Waals surface area contributed by atoms with Crippen molar-refractivity contribution in [2.24, 2.45) is 17.6 Å². The number of primary amides is 1. The summed E-state index contributed by atoms with van der Waals surface area (Å²) < 4.78 is 28.3. The molecule has 0 bridgehead atoms. The number of anilines is 1. The smallest absolute Gasteiger partial charge is 0.220 e. The average Bonchev–Trinajstić information content (AvgIpc) is 2.77. The molecule has 3 rings (SSSR count). The van der Waals surface area contributed by atoms with Gasteiger partial charge in [0.1, 0.15) is 0 Å². The number of piperidine rings is 1. The third-order valence-corrected chi connectivity index (χ3v) is 8.04. The normalized spacial score (nSPS) is 16.5. The Bertz CT molecular complexity index is 983. The lowest BCUT2D eigenvalue weighted by Crippen LogP contribution is -2.38. The van der Waals surface area contributed by atoms with Crippen molar-refractivity contribution >= 4 is 21.6 Å². The molecule has 7 heteroatoms. The average molecular weight is 458 g/mol. The molecule has 0 spiro atoms. The van der Waals surface area contributed by atoms with Crippen LogP contribution in [0.15, 0.2) is 54.6 Å². The second-order valence-corrected chi connectivity index (χ2v) is 11.1. The monoisotopic (exact) mass is 457 g/mol. The van der Waals surface area contributed by atoms with Gasteiger partial charge in [-0.1, -0.05) is 56.3 Å². The summed E-state index contributed by atoms with van der Waals surface area (Å²) in [5.74, 6) is -0.0350. The number of hydrogen-bond donors (Lipinski definition) is 1. The highest BCUT2D eigenvalue weighted by Gasteiger charge is 2.29. The van der Waals surface area contributed by atoms with Gasteiger partial charge < -0.3 is 10.6 Å². The molecule has 1 fully saturated rings. The van der Waals surface area contributed by atoms with E-state index in [1.165, 1.54) is 0 Å². The van der Waals surface area contributed by atoms with E-state index in [1.807, 2.05) is 75.4 Å². The van der Waals surface area contributed by atoms with E-state index in [1.54, 1.807) is 4.31 Å². The summed E-state index contributed by atoms with van der Waals surface area (Å²) in [5, 5.41) is 0. The number of carbonyl (C=O) groups is 1. The number of amides is 1. The van der Waals surface area contributed by atoms with Crippen molar-refractivity contribution in [2.45, 2.75) is 45.4 Å². The summed E-state index contributed by atoms with van der Waals surface area (Å²) in [7, 11) is -3.48. The maximum Gasteiger partial charge on any atom is 0.220 e. The highest BCUT2D eigenvalue weighted by Crippen LogP contribution is 2.29. The molecule has 0 aliphatic carbocycles. The van der Waals surface area contributed by atoms with Crippen LogP contribution in [0.2, 0.25) is 0 Å². The van der Waals surface area contributed by atoms with Gasteiger partial charge in [-0.05, 0) is 48.9 Å². The van der Waals surface area contributed by atoms with Gasteiger partial charge in [-0.15, -0.1) is 0 Å². The first kappa shape index (κ1) is 24.3. The van der Waals surface area contributed by atoms with E-state index in [0.29, 0.717) is 6.54 Å². The van der Waals surface area contributed by atoms with E-state index in [-0.39, 0.29) is 29.5 Å². The fourth-order valence-corrected chi connectivity index (χ4v) is 6.20. The molecule has 1 saturated heterocycles. The number of nitrogens with two attached hydrogens (primary N) is 1. The van der Waals surface area contributed by atoms with Gasteiger partial charge >= 0.3 is 0 Å². The lowest BCUT2D eigenvalue weighted by Gasteiger charge is -2.33. The van der Waals surface area contributed by atoms with Crippen LogP contribution < -0.4 is 10.6 Å². The first-order valence-corrected chi connectivity index (χ1v) is 13.0. The highest BCUT2D eigenvalue weighted by molar-refractivity contribution is 7.88. The third-order valence-electron chi connectivity index (χ3n) is 6.16. The molecule has 6 nitrogen and oxygen atoms in total. The summed E-state index contributed by atoms with van der Waals surface area (Å²) in [4.78, 5) is 13.7. The van der Waals surface area contributed by atoms with Crippen molar-refractivity contribution in [1.29, 1.82) is 0 Å². The van der Waals surface area contributed by atoms with Crippen LogP contribution in [0.3, 0.4) is 0 Å². The van der Waals surface area contributed by atoms with Crippen LogP contribution in [0.25, 0.3) is 0 Å². The molecule has 1 aliphatic rings. The van der Waals surface area contributed by atoms with Crippen LogP contribution in [0.1, 0.15) is 50.8 Å². The standard InChI is InChI=1S/C25H35N3O3S/c1-19(2)17-28(32(30,31)18-21-7-5-4-6-8-21)20(3)22-9-11-24(12-10-22)27-15-13-23(14-16-27)25(26)29/h4-12,19-20,23H,13-18H2,1-3H3,(H2,26,29). The number of carbonyl (C=O) groups excluding carboxylic acids is 1. The minimum atomic E-state index is -3.48. The number of benzene rings is 2. The van der Waals surface area contributed by atoms with Crippen LogP contribution in [0.4, 0.5) is 5.69 Å². The van der Waals surface area contributed by atoms with Crippen molar-refractivity contribution in [1.82, 2.24) is 4.31 Å². The molecule has 2 aromatic carbocycles. The molecule has 0 saturated carbocycles. The molecule has 0 radical (unpaired) electrons. The molecule has 1 atom stereocenters. The Morgan fingerprint density at radius 3 is 2.16 bits per heavy atom. The summed E-state index contributed by atoms with van der Waals surface area (Å²) in [5.41, 5.74) is 8.29. The molecule has 0 aromatic heterocycles. The minimum Gasteiger partial charge on any atom is -0.371 e. The van der Waals surface area contributed by atoms with E-state index < -0.39 is 10.0 Å². The van der Waals surface area contributed by atoms with Gasteiger partial charge in [-0.2, -0.15) is 4.31 Å². The van der Waals surface area contributed by atoms with Crippen LogP contribution in [0.5, 0.6) is 0 Å². The topological polar surface area (TPSA) is 83.7 Å². The van der Waals surface area contributed by atoms with Crippen LogP contribution >= 0.6 is 0 Å². The number of nitrogens with zero attached hydrogens (tertiary/aromatic N) is 2. The molecule has 174 valence electrons. The first-order valence-electron chi connectivity index (χ1n) is 11.3. The molecule has 1 unspecified atom stereocenters. The fourth-order valence-electron chi connectivity index (χ4n) is 4.29. The molecular weight excluding hydrogens is 422 g/mol. The summed E-state index contributed by atoms with van der Waals surface area (Å²) in [6.45, 7) is 8.10. The quantitative estimate of drug-likeness (QED) is 0.618. The van der Waals surface area contributed by atoms with Gasteiger partial charge in [0.05, 0.1) is 5.75 Å². The number of rotatable bonds is 9. The largest absolute Gasteiger partial charge is 0.371 e. The van der Waals surface area contributed by atoms with E-state index in [2.05, 4.69) is 4.90 Å². The summed E-state index contributed by atoms with van der Waals surface area (Å²) >= 11 is 0. The predicted molar refractivity (Wildman–Crippen MR) is 130 cm³/mol. The van der Waals surface area contributed by atoms with Gasteiger partial charge in [-0.3, -0.25) is 4.79 Å². The molecule has 32 heavy (non-hydrogen) atoms. The van der Waals surface area contributed by atoms with E-state index in [4.69, 9.17) is 5.73 Å². The predicted octanol–water partition coefficient (Wildman–Crippen LogP) is 3.94. The summed E-state index contributed by atoms with van der Waals surface area (Å²) in [6.07, 6.45) is 1.54. The van der Waals surface area contributed by atoms with E-state index in [9.17, 15) is 13.2 Å². The maximum atomic E-state index is 13.3. The van der Waals surface area contributed by atoms with Crippen LogP contribution in [0, 0.1) is 11.8 Å². The second-order valence-electron chi connectivity index (χ2n) is 9.14. The molecule has 1 aliphatic heterocycles. The third kappa shape index (κ3) is 6.11. The highest BCUT2D eigenvalue weighted by atomic mass is 32.2. The Morgan fingerprint density at radius 2 is 1.62 bits per heavy atom. The molecule has 1 amide bonds. The molecule has 2 N–H and O–H groups in total. The van der Waals surface area contributed by atoms with Gasteiger partial charge in [0.15, 0.2) is 0 Å². The van der Waals surface area contributed by atoms with Gasteiger partial charge in [0, 0.05) is 37.3 Å². The van der Waals surface area contributed by atoms with Crippen molar-refractivity contribution in [3.8, 4) is 0 Å². The molecule has 2 aromatic rings. The van der Waals surface area contributed by atoms with E-state index in [0.717, 1.165) is 42.7 Å². The van der Waals surface area contributed by atoms with Crippen molar-refractivity contribution in [3.63, 3.8) is 0 Å². The fraction of sp³-hybridized carbons (Fsp3) is 0.480. The van der Waals surface area contributed by atoms with Crippen LogP contribution in [-0.2, 0) is 20.6 Å². The maximum absolute atomic E-state index is 13.3. The second kappa shape index (κ2) is 10.5. The lowest BCUT2D eigenvalue weighted by atomic mass is 9.96. The Kier molecular flexibility index (Phi) is 7.96. The molecule has 1 heterocycles. The Labute approximate surface area is 192 Å². The van der Waals surface area contributed by atoms with E-state index >= 15 is 0 Å². The minimum absolute atomic E-state index is 0.00219. The number of hydrogen-bond acceptors (Lipinski definition) is 4. The van der Waals surface area contributed by atoms with Gasteiger partial charge in [0.2, 0.25) is 15.9 Å². The lowest BCUT2D eigenvalue weighted by molar-refractivity contribution is -0.122. The zero-order valence-corrected chi connectivity index (χ0v) is 20.1. The van der Waals surface area contributed by atoms with Gasteiger partial charge in [-0.25, -0.2) is 8.42 Å². The Balaban J connectivity index is 1.75. The first-order chi connectivity index (χ1) is 15.2. The zero-order valence-electron chi connectivity index (χ0n) is 19.3. The van der Waals surface area contributed by atoms with Gasteiger partial charge in [0.25, 0.3) is 0 Å². The van der Waals surface area contributed by atoms with Crippen molar-refractivity contribution in [2.75, 3.05) is 24.5 Å². The molecular formula is C25H35N3O3S. The summed E-state index contributed by atoms with van der Waals surface area (Å²) in [6, 6.07) is 17.2. The Hall–Kier alpha value is -2.38. The Morgan fingerprint density at radius 1 is 1.03 bits per heavy atom. The van der Waals surface area contributed by atoms with Crippen molar-refractivity contribution < 1.29 is 13.2 Å². The number of sulfonamides is 1. The van der Waals surface area contributed by atoms with Crippen molar-refractivity contribution in [3.05, 3.63) is 65.7 Å². The zero-order chi connectivity index (χ0) is 23.3. The SMILES string of the molecule is CC(C)CN(C(C)c1ccc(N2CCC(C(N)=O)CC2)cc1)S(=O)(=O)Cc1ccccc1. The van der Waals surface area contributed by atoms with Crippen LogP contribution in [-0.4, -0.2) is 38.3 Å².